The quantitative estimate of drug-likeness (QED) is 0.593. The van der Waals surface area contributed by atoms with Crippen LogP contribution in [0.3, 0.4) is 0 Å². The van der Waals surface area contributed by atoms with Crippen molar-refractivity contribution in [3.63, 3.8) is 0 Å². The minimum atomic E-state index is -0.414. The summed E-state index contributed by atoms with van der Waals surface area (Å²) in [5.74, 6) is -0.493. The molecule has 0 radical (unpaired) electrons. The van der Waals surface area contributed by atoms with Crippen LogP contribution >= 0.6 is 0 Å². The number of amides is 1. The fourth-order valence-corrected chi connectivity index (χ4v) is 1.65. The lowest BCUT2D eigenvalue weighted by atomic mass is 10.2. The Morgan fingerprint density at radius 2 is 2.14 bits per heavy atom. The molecular weight excluding hydrogens is 186 g/mol. The number of hydrogen-bond donors (Lipinski definition) is 0. The maximum Gasteiger partial charge on any atom is 0.328 e. The highest BCUT2D eigenvalue weighted by Gasteiger charge is 2.34. The summed E-state index contributed by atoms with van der Waals surface area (Å²) in [6, 6.07) is -0.414. The van der Waals surface area contributed by atoms with Crippen molar-refractivity contribution in [3.05, 3.63) is 0 Å². The molecule has 0 aromatic carbocycles. The van der Waals surface area contributed by atoms with Crippen molar-refractivity contribution in [3.8, 4) is 0 Å². The molecule has 0 aromatic heterocycles. The van der Waals surface area contributed by atoms with Crippen LogP contribution in [-0.2, 0) is 19.1 Å². The molecule has 1 fully saturated rings. The first kappa shape index (κ1) is 11.0. The van der Waals surface area contributed by atoms with Crippen molar-refractivity contribution in [2.24, 2.45) is 0 Å². The standard InChI is InChI=1S/C9H15NO4/c1-13-6-8(11)10-5-3-4-7(10)9(12)14-2/h7H,3-6H2,1-2H3/t7-/m1/s1. The van der Waals surface area contributed by atoms with Gasteiger partial charge in [-0.05, 0) is 12.8 Å². The van der Waals surface area contributed by atoms with Crippen LogP contribution in [0.15, 0.2) is 0 Å². The fourth-order valence-electron chi connectivity index (χ4n) is 1.65. The number of likely N-dealkylation sites (tertiary alicyclic amines) is 1. The van der Waals surface area contributed by atoms with Crippen LogP contribution in [0.25, 0.3) is 0 Å². The van der Waals surface area contributed by atoms with Gasteiger partial charge in [0.2, 0.25) is 5.91 Å². The average Bonchev–Trinajstić information content (AvgIpc) is 2.65. The maximum atomic E-state index is 11.5. The Hall–Kier alpha value is -1.10. The van der Waals surface area contributed by atoms with E-state index in [9.17, 15) is 9.59 Å². The molecule has 80 valence electrons. The molecule has 0 saturated carbocycles. The maximum absolute atomic E-state index is 11.5. The molecule has 1 rings (SSSR count). The van der Waals surface area contributed by atoms with E-state index in [2.05, 4.69) is 4.74 Å². The third kappa shape index (κ3) is 2.23. The van der Waals surface area contributed by atoms with Gasteiger partial charge in [0.05, 0.1) is 7.11 Å². The molecule has 0 N–H and O–H groups in total. The van der Waals surface area contributed by atoms with Gasteiger partial charge in [-0.15, -0.1) is 0 Å². The number of esters is 1. The Morgan fingerprint density at radius 3 is 2.71 bits per heavy atom. The SMILES string of the molecule is COCC(=O)N1CCC[C@@H]1C(=O)OC. The third-order valence-corrected chi connectivity index (χ3v) is 2.31. The zero-order valence-corrected chi connectivity index (χ0v) is 8.49. The number of methoxy groups -OCH3 is 2. The Bertz CT molecular complexity index is 229. The molecule has 1 heterocycles. The zero-order chi connectivity index (χ0) is 10.6. The van der Waals surface area contributed by atoms with E-state index in [0.29, 0.717) is 13.0 Å². The van der Waals surface area contributed by atoms with Gasteiger partial charge in [-0.25, -0.2) is 4.79 Å². The smallest absolute Gasteiger partial charge is 0.328 e. The second-order valence-corrected chi connectivity index (χ2v) is 3.20. The number of carbonyl (C=O) groups is 2. The third-order valence-electron chi connectivity index (χ3n) is 2.31. The predicted molar refractivity (Wildman–Crippen MR) is 48.6 cm³/mol. The van der Waals surface area contributed by atoms with Crippen LogP contribution in [0.4, 0.5) is 0 Å². The van der Waals surface area contributed by atoms with Gasteiger partial charge < -0.3 is 14.4 Å². The molecule has 5 nitrogen and oxygen atoms in total. The van der Waals surface area contributed by atoms with Gasteiger partial charge in [-0.1, -0.05) is 0 Å². The zero-order valence-electron chi connectivity index (χ0n) is 8.49. The van der Waals surface area contributed by atoms with Crippen LogP contribution in [-0.4, -0.2) is 50.2 Å². The topological polar surface area (TPSA) is 55.8 Å². The summed E-state index contributed by atoms with van der Waals surface area (Å²) in [6.07, 6.45) is 1.53. The van der Waals surface area contributed by atoms with Crippen LogP contribution in [0.5, 0.6) is 0 Å². The molecule has 1 aliphatic rings. The van der Waals surface area contributed by atoms with E-state index < -0.39 is 6.04 Å². The lowest BCUT2D eigenvalue weighted by Crippen LogP contribution is -2.42. The molecule has 1 saturated heterocycles. The van der Waals surface area contributed by atoms with E-state index in [1.54, 1.807) is 0 Å². The summed E-state index contributed by atoms with van der Waals surface area (Å²) in [4.78, 5) is 24.3. The predicted octanol–water partition coefficient (Wildman–Crippen LogP) is -0.203. The molecule has 0 unspecified atom stereocenters. The van der Waals surface area contributed by atoms with Crippen molar-refractivity contribution in [1.29, 1.82) is 0 Å². The highest BCUT2D eigenvalue weighted by atomic mass is 16.5. The summed E-state index contributed by atoms with van der Waals surface area (Å²) in [6.45, 7) is 0.634. The normalized spacial score (nSPS) is 21.0. The second kappa shape index (κ2) is 4.95. The number of hydrogen-bond acceptors (Lipinski definition) is 4. The lowest BCUT2D eigenvalue weighted by molar-refractivity contribution is -0.152. The minimum absolute atomic E-state index is 0.0213. The van der Waals surface area contributed by atoms with Gasteiger partial charge in [0.15, 0.2) is 0 Å². The molecule has 14 heavy (non-hydrogen) atoms. The molecular formula is C9H15NO4. The molecule has 1 aliphatic heterocycles. The van der Waals surface area contributed by atoms with Crippen molar-refractivity contribution >= 4 is 11.9 Å². The average molecular weight is 201 g/mol. The number of ether oxygens (including phenoxy) is 2. The second-order valence-electron chi connectivity index (χ2n) is 3.20. The Balaban J connectivity index is 2.59. The summed E-state index contributed by atoms with van der Waals surface area (Å²) in [7, 11) is 2.79. The van der Waals surface area contributed by atoms with Crippen molar-refractivity contribution in [2.45, 2.75) is 18.9 Å². The monoisotopic (exact) mass is 201 g/mol. The van der Waals surface area contributed by atoms with E-state index in [-0.39, 0.29) is 18.5 Å². The van der Waals surface area contributed by atoms with E-state index in [0.717, 1.165) is 6.42 Å². The molecule has 5 heteroatoms. The summed E-state index contributed by atoms with van der Waals surface area (Å²) in [5.41, 5.74) is 0. The van der Waals surface area contributed by atoms with E-state index >= 15 is 0 Å². The summed E-state index contributed by atoms with van der Waals surface area (Å²) < 4.78 is 9.35. The fraction of sp³-hybridized carbons (Fsp3) is 0.778. The molecule has 1 amide bonds. The molecule has 1 atom stereocenters. The molecule has 0 bridgehead atoms. The highest BCUT2D eigenvalue weighted by Crippen LogP contribution is 2.18. The van der Waals surface area contributed by atoms with Crippen molar-refractivity contribution in [1.82, 2.24) is 4.90 Å². The van der Waals surface area contributed by atoms with Crippen molar-refractivity contribution < 1.29 is 19.1 Å². The van der Waals surface area contributed by atoms with Crippen LogP contribution in [0, 0.1) is 0 Å². The van der Waals surface area contributed by atoms with Gasteiger partial charge in [0.25, 0.3) is 0 Å². The van der Waals surface area contributed by atoms with Gasteiger partial charge in [-0.3, -0.25) is 4.79 Å². The summed E-state index contributed by atoms with van der Waals surface area (Å²) in [5, 5.41) is 0. The Kier molecular flexibility index (Phi) is 3.88. The lowest BCUT2D eigenvalue weighted by Gasteiger charge is -2.21. The molecule has 0 aliphatic carbocycles. The molecule has 0 aromatic rings. The number of nitrogens with zero attached hydrogens (tertiary/aromatic N) is 1. The first-order valence-electron chi connectivity index (χ1n) is 4.57. The van der Waals surface area contributed by atoms with Gasteiger partial charge in [0, 0.05) is 13.7 Å². The van der Waals surface area contributed by atoms with Crippen molar-refractivity contribution in [2.75, 3.05) is 27.4 Å². The number of rotatable bonds is 3. The van der Waals surface area contributed by atoms with E-state index in [1.165, 1.54) is 19.1 Å². The van der Waals surface area contributed by atoms with Gasteiger partial charge in [-0.2, -0.15) is 0 Å². The minimum Gasteiger partial charge on any atom is -0.467 e. The van der Waals surface area contributed by atoms with E-state index in [4.69, 9.17) is 4.74 Å². The first-order chi connectivity index (χ1) is 6.70. The highest BCUT2D eigenvalue weighted by molar-refractivity contribution is 5.85. The van der Waals surface area contributed by atoms with Crippen LogP contribution in [0.1, 0.15) is 12.8 Å². The van der Waals surface area contributed by atoms with Gasteiger partial charge in [0.1, 0.15) is 12.6 Å². The Labute approximate surface area is 83.0 Å². The van der Waals surface area contributed by atoms with Crippen LogP contribution in [0.2, 0.25) is 0 Å². The van der Waals surface area contributed by atoms with Crippen LogP contribution < -0.4 is 0 Å². The van der Waals surface area contributed by atoms with E-state index in [1.807, 2.05) is 0 Å². The number of carbonyl (C=O) groups excluding carboxylic acids is 2. The molecule has 0 spiro atoms. The Morgan fingerprint density at radius 1 is 1.43 bits per heavy atom. The largest absolute Gasteiger partial charge is 0.467 e. The van der Waals surface area contributed by atoms with Gasteiger partial charge >= 0.3 is 5.97 Å². The first-order valence-corrected chi connectivity index (χ1v) is 4.57. The summed E-state index contributed by atoms with van der Waals surface area (Å²) >= 11 is 0.